The summed E-state index contributed by atoms with van der Waals surface area (Å²) in [6.07, 6.45) is 4.98. The molecule has 0 saturated heterocycles. The Balaban J connectivity index is 1.31. The van der Waals surface area contributed by atoms with Gasteiger partial charge in [0.25, 0.3) is 0 Å². The van der Waals surface area contributed by atoms with Gasteiger partial charge in [0.05, 0.1) is 11.8 Å². The van der Waals surface area contributed by atoms with Crippen molar-refractivity contribution in [3.63, 3.8) is 0 Å². The molecule has 5 heteroatoms. The van der Waals surface area contributed by atoms with E-state index < -0.39 is 0 Å². The Hall–Kier alpha value is -2.69. The Morgan fingerprint density at radius 1 is 1.08 bits per heavy atom. The third-order valence-corrected chi connectivity index (χ3v) is 5.10. The first-order chi connectivity index (χ1) is 12.2. The molecule has 1 aliphatic carbocycles. The van der Waals surface area contributed by atoms with Crippen LogP contribution in [0.3, 0.4) is 0 Å². The first kappa shape index (κ1) is 15.8. The topological polar surface area (TPSA) is 62.3 Å². The molecule has 1 aliphatic heterocycles. The van der Waals surface area contributed by atoms with E-state index in [2.05, 4.69) is 22.4 Å². The fraction of sp³-hybridized carbons (Fsp3) is 0.350. The first-order valence-corrected chi connectivity index (χ1v) is 8.74. The molecule has 2 aromatic rings. The number of carbonyl (C=O) groups is 2. The molecule has 0 bridgehead atoms. The summed E-state index contributed by atoms with van der Waals surface area (Å²) >= 11 is 0. The molecule has 2 atom stereocenters. The summed E-state index contributed by atoms with van der Waals surface area (Å²) in [5.74, 6) is -0.222. The zero-order valence-corrected chi connectivity index (χ0v) is 14.0. The first-order valence-electron chi connectivity index (χ1n) is 8.74. The van der Waals surface area contributed by atoms with Crippen molar-refractivity contribution in [2.24, 2.45) is 11.8 Å². The molecule has 1 saturated carbocycles. The average molecular weight is 335 g/mol. The van der Waals surface area contributed by atoms with Crippen molar-refractivity contribution in [2.75, 3.05) is 6.54 Å². The minimum atomic E-state index is -0.175. The Morgan fingerprint density at radius 2 is 1.84 bits per heavy atom. The van der Waals surface area contributed by atoms with Gasteiger partial charge in [-0.1, -0.05) is 24.3 Å². The molecule has 4 rings (SSSR count). The van der Waals surface area contributed by atoms with Gasteiger partial charge in [-0.2, -0.15) is 0 Å². The van der Waals surface area contributed by atoms with Crippen molar-refractivity contribution in [3.8, 4) is 0 Å². The second kappa shape index (κ2) is 6.67. The largest absolute Gasteiger partial charge is 0.352 e. The van der Waals surface area contributed by atoms with E-state index in [0.717, 1.165) is 18.5 Å². The molecule has 2 unspecified atom stereocenters. The number of carbonyl (C=O) groups excluding carboxylic acids is 2. The molecule has 0 radical (unpaired) electrons. The van der Waals surface area contributed by atoms with Crippen LogP contribution in [0.4, 0.5) is 0 Å². The summed E-state index contributed by atoms with van der Waals surface area (Å²) < 4.78 is 0. The van der Waals surface area contributed by atoms with E-state index in [-0.39, 0.29) is 23.7 Å². The molecule has 0 spiro atoms. The SMILES string of the molecule is O=C(NCc1ccncc1)C1CC1C(=O)N1CCc2ccccc2C1. The van der Waals surface area contributed by atoms with Crippen LogP contribution in [-0.2, 0) is 29.1 Å². The molecule has 1 aromatic heterocycles. The van der Waals surface area contributed by atoms with Crippen LogP contribution in [0, 0.1) is 11.8 Å². The summed E-state index contributed by atoms with van der Waals surface area (Å²) in [6.45, 7) is 1.89. The summed E-state index contributed by atoms with van der Waals surface area (Å²) in [5.41, 5.74) is 3.56. The highest BCUT2D eigenvalue weighted by atomic mass is 16.2. The van der Waals surface area contributed by atoms with Gasteiger partial charge in [0.15, 0.2) is 0 Å². The minimum Gasteiger partial charge on any atom is -0.352 e. The molecule has 2 amide bonds. The summed E-state index contributed by atoms with van der Waals surface area (Å²) in [5, 5.41) is 2.93. The van der Waals surface area contributed by atoms with Gasteiger partial charge in [-0.05, 0) is 41.7 Å². The van der Waals surface area contributed by atoms with Crippen LogP contribution in [0.2, 0.25) is 0 Å². The lowest BCUT2D eigenvalue weighted by Gasteiger charge is -2.29. The zero-order valence-electron chi connectivity index (χ0n) is 14.0. The van der Waals surface area contributed by atoms with Crippen molar-refractivity contribution in [2.45, 2.75) is 25.9 Å². The second-order valence-corrected chi connectivity index (χ2v) is 6.80. The van der Waals surface area contributed by atoms with Crippen molar-refractivity contribution < 1.29 is 9.59 Å². The van der Waals surface area contributed by atoms with Crippen LogP contribution in [0.15, 0.2) is 48.8 Å². The molecule has 2 heterocycles. The fourth-order valence-corrected chi connectivity index (χ4v) is 3.50. The smallest absolute Gasteiger partial charge is 0.226 e. The summed E-state index contributed by atoms with van der Waals surface area (Å²) in [6, 6.07) is 12.0. The highest BCUT2D eigenvalue weighted by molar-refractivity contribution is 5.92. The molecule has 5 nitrogen and oxygen atoms in total. The Bertz CT molecular complexity index is 791. The van der Waals surface area contributed by atoms with E-state index in [9.17, 15) is 9.59 Å². The standard InChI is InChI=1S/C20H21N3O2/c24-19(22-12-14-5-8-21-9-6-14)17-11-18(17)20(25)23-10-7-15-3-1-2-4-16(15)13-23/h1-6,8-9,17-18H,7,10-13H2,(H,22,24). The quantitative estimate of drug-likeness (QED) is 0.928. The van der Waals surface area contributed by atoms with Gasteiger partial charge >= 0.3 is 0 Å². The van der Waals surface area contributed by atoms with Crippen LogP contribution in [0.5, 0.6) is 0 Å². The van der Waals surface area contributed by atoms with E-state index in [4.69, 9.17) is 0 Å². The van der Waals surface area contributed by atoms with Crippen LogP contribution < -0.4 is 5.32 Å². The number of rotatable bonds is 4. The highest BCUT2D eigenvalue weighted by Crippen LogP contribution is 2.41. The predicted molar refractivity (Wildman–Crippen MR) is 93.2 cm³/mol. The third kappa shape index (κ3) is 3.40. The number of benzene rings is 1. The van der Waals surface area contributed by atoms with Gasteiger partial charge in [-0.3, -0.25) is 14.6 Å². The number of amides is 2. The molecule has 128 valence electrons. The number of hydrogen-bond acceptors (Lipinski definition) is 3. The Morgan fingerprint density at radius 3 is 2.64 bits per heavy atom. The van der Waals surface area contributed by atoms with Gasteiger partial charge in [0.1, 0.15) is 0 Å². The van der Waals surface area contributed by atoms with E-state index >= 15 is 0 Å². The number of nitrogens with zero attached hydrogens (tertiary/aromatic N) is 2. The maximum atomic E-state index is 12.7. The molecular formula is C20H21N3O2. The normalized spacial score (nSPS) is 21.4. The van der Waals surface area contributed by atoms with E-state index in [1.54, 1.807) is 12.4 Å². The van der Waals surface area contributed by atoms with Crippen LogP contribution >= 0.6 is 0 Å². The van der Waals surface area contributed by atoms with E-state index in [1.807, 2.05) is 29.2 Å². The number of nitrogens with one attached hydrogen (secondary N) is 1. The Labute approximate surface area is 147 Å². The fourth-order valence-electron chi connectivity index (χ4n) is 3.50. The van der Waals surface area contributed by atoms with Gasteiger partial charge < -0.3 is 10.2 Å². The molecular weight excluding hydrogens is 314 g/mol. The summed E-state index contributed by atoms with van der Waals surface area (Å²) in [4.78, 5) is 30.8. The van der Waals surface area contributed by atoms with Gasteiger partial charge in [0.2, 0.25) is 11.8 Å². The molecule has 1 N–H and O–H groups in total. The maximum absolute atomic E-state index is 12.7. The molecule has 1 fully saturated rings. The van der Waals surface area contributed by atoms with Gasteiger partial charge in [-0.15, -0.1) is 0 Å². The van der Waals surface area contributed by atoms with Crippen molar-refractivity contribution in [3.05, 3.63) is 65.5 Å². The van der Waals surface area contributed by atoms with Crippen molar-refractivity contribution in [1.29, 1.82) is 0 Å². The highest BCUT2D eigenvalue weighted by Gasteiger charge is 2.49. The van der Waals surface area contributed by atoms with Crippen molar-refractivity contribution >= 4 is 11.8 Å². The van der Waals surface area contributed by atoms with Crippen LogP contribution in [0.25, 0.3) is 0 Å². The van der Waals surface area contributed by atoms with E-state index in [1.165, 1.54) is 11.1 Å². The summed E-state index contributed by atoms with van der Waals surface area (Å²) in [7, 11) is 0. The van der Waals surface area contributed by atoms with Crippen LogP contribution in [-0.4, -0.2) is 28.2 Å². The average Bonchev–Trinajstić information content (AvgIpc) is 3.47. The lowest BCUT2D eigenvalue weighted by atomic mass is 9.99. The molecule has 2 aliphatic rings. The van der Waals surface area contributed by atoms with Gasteiger partial charge in [-0.25, -0.2) is 0 Å². The van der Waals surface area contributed by atoms with Crippen LogP contribution in [0.1, 0.15) is 23.1 Å². The maximum Gasteiger partial charge on any atom is 0.226 e. The number of hydrogen-bond donors (Lipinski definition) is 1. The van der Waals surface area contributed by atoms with Crippen molar-refractivity contribution in [1.82, 2.24) is 15.2 Å². The Kier molecular flexibility index (Phi) is 4.22. The number of pyridine rings is 1. The molecule has 1 aromatic carbocycles. The van der Waals surface area contributed by atoms with Gasteiger partial charge in [0, 0.05) is 32.0 Å². The third-order valence-electron chi connectivity index (χ3n) is 5.10. The monoisotopic (exact) mass is 335 g/mol. The second-order valence-electron chi connectivity index (χ2n) is 6.80. The zero-order chi connectivity index (χ0) is 17.2. The minimum absolute atomic E-state index is 0.0208. The number of aromatic nitrogens is 1. The molecule has 25 heavy (non-hydrogen) atoms. The predicted octanol–water partition coefficient (Wildman–Crippen LogP) is 1.92. The number of fused-ring (bicyclic) bond motifs is 1. The lowest BCUT2D eigenvalue weighted by molar-refractivity contribution is -0.135. The lowest BCUT2D eigenvalue weighted by Crippen LogP contribution is -2.38. The van der Waals surface area contributed by atoms with E-state index in [0.29, 0.717) is 19.5 Å².